The van der Waals surface area contributed by atoms with Gasteiger partial charge in [-0.05, 0) is 37.3 Å². The molecule has 0 fully saturated rings. The third-order valence-electron chi connectivity index (χ3n) is 3.31. The number of amides is 2. The number of carbonyl (C=O) groups excluding carboxylic acids is 2. The molecule has 120 valence electrons. The minimum atomic E-state index is -0.125. The van der Waals surface area contributed by atoms with Crippen LogP contribution in [0.2, 0.25) is 0 Å². The summed E-state index contributed by atoms with van der Waals surface area (Å²) < 4.78 is 0. The molecule has 0 atom stereocenters. The van der Waals surface area contributed by atoms with E-state index in [2.05, 4.69) is 10.6 Å². The van der Waals surface area contributed by atoms with Crippen LogP contribution in [0.15, 0.2) is 54.6 Å². The molecule has 23 heavy (non-hydrogen) atoms. The molecule has 2 amide bonds. The summed E-state index contributed by atoms with van der Waals surface area (Å²) in [5.41, 5.74) is 2.37. The van der Waals surface area contributed by atoms with E-state index < -0.39 is 0 Å². The first-order valence-corrected chi connectivity index (χ1v) is 7.57. The molecule has 0 aliphatic carbocycles. The van der Waals surface area contributed by atoms with Crippen molar-refractivity contribution in [2.24, 2.45) is 0 Å². The average Bonchev–Trinajstić information content (AvgIpc) is 2.54. The molecule has 2 aromatic rings. The van der Waals surface area contributed by atoms with Gasteiger partial charge in [0.2, 0.25) is 11.8 Å². The topological polar surface area (TPSA) is 61.4 Å². The zero-order valence-electron chi connectivity index (χ0n) is 13.4. The summed E-state index contributed by atoms with van der Waals surface area (Å²) in [7, 11) is 0. The molecule has 5 nitrogen and oxygen atoms in total. The number of benzene rings is 2. The van der Waals surface area contributed by atoms with Crippen molar-refractivity contribution in [3.63, 3.8) is 0 Å². The molecule has 0 bridgehead atoms. The SMILES string of the molecule is CCN(C(=O)CNc1cccc(NC(C)=O)c1)c1ccccc1. The number of likely N-dealkylation sites (N-methyl/N-ethyl adjacent to an activating group) is 1. The average molecular weight is 311 g/mol. The Morgan fingerprint density at radius 3 is 2.35 bits per heavy atom. The lowest BCUT2D eigenvalue weighted by Gasteiger charge is -2.21. The number of rotatable bonds is 6. The quantitative estimate of drug-likeness (QED) is 0.861. The fraction of sp³-hybridized carbons (Fsp3) is 0.222. The zero-order chi connectivity index (χ0) is 16.7. The van der Waals surface area contributed by atoms with Gasteiger partial charge in [0.1, 0.15) is 0 Å². The Balaban J connectivity index is 1.99. The van der Waals surface area contributed by atoms with E-state index in [0.717, 1.165) is 11.4 Å². The number of hydrogen-bond acceptors (Lipinski definition) is 3. The van der Waals surface area contributed by atoms with Gasteiger partial charge in [0.25, 0.3) is 0 Å². The lowest BCUT2D eigenvalue weighted by molar-refractivity contribution is -0.117. The summed E-state index contributed by atoms with van der Waals surface area (Å²) in [6.07, 6.45) is 0. The van der Waals surface area contributed by atoms with Crippen LogP contribution in [0.3, 0.4) is 0 Å². The fourth-order valence-electron chi connectivity index (χ4n) is 2.29. The monoisotopic (exact) mass is 311 g/mol. The van der Waals surface area contributed by atoms with Crippen LogP contribution in [-0.4, -0.2) is 24.9 Å². The maximum absolute atomic E-state index is 12.4. The van der Waals surface area contributed by atoms with Gasteiger partial charge in [0, 0.05) is 30.5 Å². The van der Waals surface area contributed by atoms with Crippen molar-refractivity contribution < 1.29 is 9.59 Å². The largest absolute Gasteiger partial charge is 0.376 e. The van der Waals surface area contributed by atoms with E-state index >= 15 is 0 Å². The van der Waals surface area contributed by atoms with Gasteiger partial charge in [-0.2, -0.15) is 0 Å². The van der Waals surface area contributed by atoms with Gasteiger partial charge in [-0.3, -0.25) is 9.59 Å². The second kappa shape index (κ2) is 7.98. The molecule has 2 rings (SSSR count). The molecule has 0 aliphatic heterocycles. The van der Waals surface area contributed by atoms with Crippen LogP contribution >= 0.6 is 0 Å². The van der Waals surface area contributed by atoms with Crippen molar-refractivity contribution in [3.05, 3.63) is 54.6 Å². The molecule has 0 aliphatic rings. The van der Waals surface area contributed by atoms with Gasteiger partial charge in [0.05, 0.1) is 6.54 Å². The molecule has 0 spiro atoms. The Kier molecular flexibility index (Phi) is 5.74. The minimum absolute atomic E-state index is 0.0105. The van der Waals surface area contributed by atoms with Crippen molar-refractivity contribution in [1.29, 1.82) is 0 Å². The first kappa shape index (κ1) is 16.5. The molecular formula is C18H21N3O2. The van der Waals surface area contributed by atoms with E-state index in [0.29, 0.717) is 12.2 Å². The van der Waals surface area contributed by atoms with Crippen molar-refractivity contribution in [2.75, 3.05) is 28.6 Å². The maximum atomic E-state index is 12.4. The summed E-state index contributed by atoms with van der Waals surface area (Å²) in [4.78, 5) is 25.2. The van der Waals surface area contributed by atoms with Gasteiger partial charge in [0.15, 0.2) is 0 Å². The van der Waals surface area contributed by atoms with Crippen molar-refractivity contribution in [1.82, 2.24) is 0 Å². The van der Waals surface area contributed by atoms with E-state index in [1.165, 1.54) is 6.92 Å². The Labute approximate surface area is 136 Å². The van der Waals surface area contributed by atoms with Crippen LogP contribution in [0.4, 0.5) is 17.1 Å². The summed E-state index contributed by atoms with van der Waals surface area (Å²) in [6, 6.07) is 16.9. The van der Waals surface area contributed by atoms with Gasteiger partial charge < -0.3 is 15.5 Å². The molecular weight excluding hydrogens is 290 g/mol. The third kappa shape index (κ3) is 4.85. The summed E-state index contributed by atoms with van der Waals surface area (Å²) in [5.74, 6) is -0.136. The number of nitrogens with zero attached hydrogens (tertiary/aromatic N) is 1. The molecule has 2 aromatic carbocycles. The number of nitrogens with one attached hydrogen (secondary N) is 2. The van der Waals surface area contributed by atoms with E-state index in [-0.39, 0.29) is 18.4 Å². The maximum Gasteiger partial charge on any atom is 0.246 e. The second-order valence-corrected chi connectivity index (χ2v) is 5.09. The molecule has 0 unspecified atom stereocenters. The van der Waals surface area contributed by atoms with Crippen molar-refractivity contribution in [2.45, 2.75) is 13.8 Å². The first-order valence-electron chi connectivity index (χ1n) is 7.57. The van der Waals surface area contributed by atoms with Crippen LogP contribution in [0.5, 0.6) is 0 Å². The van der Waals surface area contributed by atoms with E-state index in [9.17, 15) is 9.59 Å². The highest BCUT2D eigenvalue weighted by molar-refractivity contribution is 5.96. The number of carbonyl (C=O) groups is 2. The van der Waals surface area contributed by atoms with Crippen LogP contribution in [0, 0.1) is 0 Å². The summed E-state index contributed by atoms with van der Waals surface area (Å²) in [5, 5.41) is 5.82. The Morgan fingerprint density at radius 1 is 1.00 bits per heavy atom. The molecule has 2 N–H and O–H groups in total. The van der Waals surface area contributed by atoms with Gasteiger partial charge >= 0.3 is 0 Å². The molecule has 0 saturated heterocycles. The van der Waals surface area contributed by atoms with E-state index in [1.54, 1.807) is 17.0 Å². The third-order valence-corrected chi connectivity index (χ3v) is 3.31. The van der Waals surface area contributed by atoms with Crippen molar-refractivity contribution in [3.8, 4) is 0 Å². The van der Waals surface area contributed by atoms with Crippen LogP contribution in [-0.2, 0) is 9.59 Å². The highest BCUT2D eigenvalue weighted by atomic mass is 16.2. The summed E-state index contributed by atoms with van der Waals surface area (Å²) in [6.45, 7) is 4.20. The normalized spacial score (nSPS) is 10.0. The lowest BCUT2D eigenvalue weighted by atomic mass is 10.2. The number of anilines is 3. The fourth-order valence-corrected chi connectivity index (χ4v) is 2.29. The predicted molar refractivity (Wildman–Crippen MR) is 93.7 cm³/mol. The van der Waals surface area contributed by atoms with E-state index in [1.807, 2.05) is 49.4 Å². The summed E-state index contributed by atoms with van der Waals surface area (Å²) >= 11 is 0. The Bertz CT molecular complexity index is 671. The molecule has 0 aromatic heterocycles. The molecule has 0 saturated carbocycles. The van der Waals surface area contributed by atoms with Crippen LogP contribution in [0.25, 0.3) is 0 Å². The van der Waals surface area contributed by atoms with Crippen molar-refractivity contribution >= 4 is 28.9 Å². The second-order valence-electron chi connectivity index (χ2n) is 5.09. The van der Waals surface area contributed by atoms with E-state index in [4.69, 9.17) is 0 Å². The van der Waals surface area contributed by atoms with Gasteiger partial charge in [-0.15, -0.1) is 0 Å². The molecule has 0 radical (unpaired) electrons. The van der Waals surface area contributed by atoms with Crippen LogP contribution < -0.4 is 15.5 Å². The van der Waals surface area contributed by atoms with Gasteiger partial charge in [-0.1, -0.05) is 24.3 Å². The number of para-hydroxylation sites is 1. The number of hydrogen-bond donors (Lipinski definition) is 2. The minimum Gasteiger partial charge on any atom is -0.376 e. The first-order chi connectivity index (χ1) is 11.1. The highest BCUT2D eigenvalue weighted by Gasteiger charge is 2.13. The smallest absolute Gasteiger partial charge is 0.246 e. The lowest BCUT2D eigenvalue weighted by Crippen LogP contribution is -2.35. The molecule has 0 heterocycles. The van der Waals surface area contributed by atoms with Gasteiger partial charge in [-0.25, -0.2) is 0 Å². The molecule has 5 heteroatoms. The predicted octanol–water partition coefficient (Wildman–Crippen LogP) is 3.11. The Morgan fingerprint density at radius 2 is 1.70 bits per heavy atom. The standard InChI is InChI=1S/C18H21N3O2/c1-3-21(17-10-5-4-6-11-17)18(23)13-19-15-8-7-9-16(12-15)20-14(2)22/h4-12,19H,3,13H2,1-2H3,(H,20,22). The Hall–Kier alpha value is -2.82. The zero-order valence-corrected chi connectivity index (χ0v) is 13.4. The highest BCUT2D eigenvalue weighted by Crippen LogP contribution is 2.16. The van der Waals surface area contributed by atoms with Crippen LogP contribution in [0.1, 0.15) is 13.8 Å².